The molecule has 1 aliphatic rings. The normalized spacial score (nSPS) is 17.5. The van der Waals surface area contributed by atoms with E-state index < -0.39 is 0 Å². The van der Waals surface area contributed by atoms with E-state index in [-0.39, 0.29) is 25.6 Å². The molecule has 0 spiro atoms. The molecule has 125 valence electrons. The third-order valence-corrected chi connectivity index (χ3v) is 5.21. The van der Waals surface area contributed by atoms with Gasteiger partial charge in [0.05, 0.1) is 6.17 Å². The largest absolute Gasteiger partial charge is 1.00 e. The van der Waals surface area contributed by atoms with Crippen molar-refractivity contribution in [3.8, 4) is 0 Å². The first kappa shape index (κ1) is 17.0. The van der Waals surface area contributed by atoms with E-state index in [1.807, 2.05) is 12.1 Å². The Labute approximate surface area is 155 Å². The van der Waals surface area contributed by atoms with Gasteiger partial charge in [-0.3, -0.25) is 0 Å². The van der Waals surface area contributed by atoms with Gasteiger partial charge in [0.2, 0.25) is 0 Å². The van der Waals surface area contributed by atoms with Crippen molar-refractivity contribution in [2.24, 2.45) is 0 Å². The Kier molecular flexibility index (Phi) is 4.21. The van der Waals surface area contributed by atoms with Crippen molar-refractivity contribution in [1.29, 1.82) is 0 Å². The van der Waals surface area contributed by atoms with Crippen LogP contribution in [0.2, 0.25) is 0 Å². The molecule has 0 fully saturated rings. The maximum atomic E-state index is 6.10. The van der Waals surface area contributed by atoms with Gasteiger partial charge in [-0.15, -0.1) is 23.5 Å². The molecule has 3 nitrogen and oxygen atoms in total. The summed E-state index contributed by atoms with van der Waals surface area (Å²) in [5.74, 6) is 0. The first-order valence-corrected chi connectivity index (χ1v) is 8.02. The van der Waals surface area contributed by atoms with Gasteiger partial charge in [-0.1, -0.05) is 30.8 Å². The maximum absolute atomic E-state index is 6.10. The van der Waals surface area contributed by atoms with Crippen molar-refractivity contribution >= 4 is 27.6 Å². The number of hydrogen-bond donors (Lipinski definition) is 0. The van der Waals surface area contributed by atoms with Crippen LogP contribution >= 0.6 is 0 Å². The minimum absolute atomic E-state index is 0. The summed E-state index contributed by atoms with van der Waals surface area (Å²) in [5.41, 5.74) is 6.76. The fourth-order valence-electron chi connectivity index (χ4n) is 3.41. The molecule has 4 heteroatoms. The van der Waals surface area contributed by atoms with E-state index in [0.717, 1.165) is 16.9 Å². The number of hydrogen-bond acceptors (Lipinski definition) is 3. The van der Waals surface area contributed by atoms with Gasteiger partial charge in [-0.25, -0.2) is 0 Å². The molecule has 3 aromatic rings. The molecule has 2 aromatic carbocycles. The number of fused-ring (bicyclic) bond motifs is 3. The Bertz CT molecular complexity index is 957. The third-order valence-electron chi connectivity index (χ3n) is 5.21. The van der Waals surface area contributed by atoms with Gasteiger partial charge in [0, 0.05) is 17.8 Å². The summed E-state index contributed by atoms with van der Waals surface area (Å²) in [6.07, 6.45) is 3.76. The van der Waals surface area contributed by atoms with Gasteiger partial charge in [0.25, 0.3) is 0 Å². The monoisotopic (exact) mass is 407 g/mol. The fraction of sp³-hybridized carbons (Fsp3) is 0.300. The quantitative estimate of drug-likeness (QED) is 0.421. The smallest absolute Gasteiger partial charge is 0.491 e. The van der Waals surface area contributed by atoms with Crippen LogP contribution in [0.15, 0.2) is 40.4 Å². The van der Waals surface area contributed by atoms with Crippen molar-refractivity contribution in [3.63, 3.8) is 0 Å². The summed E-state index contributed by atoms with van der Waals surface area (Å²) in [4.78, 5) is 4.48. The van der Waals surface area contributed by atoms with E-state index in [4.69, 9.17) is 4.42 Å². The molecule has 0 amide bonds. The van der Waals surface area contributed by atoms with Crippen molar-refractivity contribution in [2.75, 3.05) is 11.9 Å². The first-order valence-electron chi connectivity index (χ1n) is 8.02. The Hall–Kier alpha value is -1.80. The number of aryl methyl sites for hydroxylation is 1. The van der Waals surface area contributed by atoms with Gasteiger partial charge in [0.1, 0.15) is 11.2 Å². The summed E-state index contributed by atoms with van der Waals surface area (Å²) >= 11 is 0. The molecule has 1 aromatic heterocycles. The van der Waals surface area contributed by atoms with Crippen molar-refractivity contribution in [3.05, 3.63) is 53.4 Å². The van der Waals surface area contributed by atoms with Crippen LogP contribution in [0, 0.1) is 20.0 Å². The molecule has 0 saturated heterocycles. The Morgan fingerprint density at radius 2 is 1.75 bits per heavy atom. The number of benzene rings is 2. The molecule has 24 heavy (non-hydrogen) atoms. The number of rotatable bonds is 1. The Morgan fingerprint density at radius 3 is 2.42 bits per heavy atom. The Balaban J connectivity index is 0.00000169. The van der Waals surface area contributed by atoms with Gasteiger partial charge in [-0.2, -0.15) is 0 Å². The standard InChI is InChI=1S/C20H21N2O.Ru/c1-12-11-22(15(4)21(12)5)18-10-17-16-8-6-7-9-19(16)23-20(17)14(3)13(18)2;/h6-10,15H,1-5H3;/q-1;+1/t15-;/m1./s1. The average molecular weight is 406 g/mol. The second-order valence-electron chi connectivity index (χ2n) is 6.43. The maximum Gasteiger partial charge on any atom is 1.00 e. The summed E-state index contributed by atoms with van der Waals surface area (Å²) in [6.45, 7) is 8.62. The number of para-hydroxylation sites is 1. The van der Waals surface area contributed by atoms with Crippen LogP contribution in [0.25, 0.3) is 21.9 Å². The molecule has 0 aliphatic carbocycles. The predicted octanol–water partition coefficient (Wildman–Crippen LogP) is 4.96. The van der Waals surface area contributed by atoms with E-state index in [2.05, 4.69) is 68.9 Å². The molecular formula is C20H21N2ORu. The van der Waals surface area contributed by atoms with Crippen LogP contribution in [0.5, 0.6) is 0 Å². The molecule has 0 bridgehead atoms. The predicted molar refractivity (Wildman–Crippen MR) is 95.3 cm³/mol. The van der Waals surface area contributed by atoms with Gasteiger partial charge < -0.3 is 14.2 Å². The van der Waals surface area contributed by atoms with Crippen molar-refractivity contribution in [1.82, 2.24) is 4.90 Å². The van der Waals surface area contributed by atoms with Crippen LogP contribution in [0.3, 0.4) is 0 Å². The van der Waals surface area contributed by atoms with Crippen molar-refractivity contribution < 1.29 is 23.9 Å². The van der Waals surface area contributed by atoms with E-state index in [1.54, 1.807) is 0 Å². The minimum Gasteiger partial charge on any atom is -0.491 e. The SMILES string of the molecule is CC1=[C-]N(c2cc3c(oc4ccccc43)c(C)c2C)[C@H](C)N1C.[Ru+]. The zero-order chi connectivity index (χ0) is 16.3. The summed E-state index contributed by atoms with van der Waals surface area (Å²) in [7, 11) is 2.11. The summed E-state index contributed by atoms with van der Waals surface area (Å²) < 4.78 is 6.10. The van der Waals surface area contributed by atoms with Gasteiger partial charge >= 0.3 is 19.5 Å². The van der Waals surface area contributed by atoms with E-state index in [0.29, 0.717) is 0 Å². The van der Waals surface area contributed by atoms with E-state index in [1.165, 1.54) is 27.6 Å². The van der Waals surface area contributed by atoms with Crippen LogP contribution < -0.4 is 4.90 Å². The molecule has 2 heterocycles. The van der Waals surface area contributed by atoms with Crippen LogP contribution in [0.1, 0.15) is 25.0 Å². The second-order valence-corrected chi connectivity index (χ2v) is 6.43. The minimum atomic E-state index is 0. The molecule has 0 saturated carbocycles. The fourth-order valence-corrected chi connectivity index (χ4v) is 3.41. The molecule has 1 aliphatic heterocycles. The van der Waals surface area contributed by atoms with E-state index in [9.17, 15) is 0 Å². The number of anilines is 1. The number of furan rings is 1. The zero-order valence-electron chi connectivity index (χ0n) is 14.6. The van der Waals surface area contributed by atoms with Crippen LogP contribution in [-0.4, -0.2) is 18.1 Å². The third kappa shape index (κ3) is 2.28. The number of nitrogens with zero attached hydrogens (tertiary/aromatic N) is 2. The topological polar surface area (TPSA) is 19.6 Å². The Morgan fingerprint density at radius 1 is 1.04 bits per heavy atom. The van der Waals surface area contributed by atoms with Crippen molar-refractivity contribution in [2.45, 2.75) is 33.9 Å². The first-order chi connectivity index (χ1) is 11.0. The van der Waals surface area contributed by atoms with Crippen LogP contribution in [0.4, 0.5) is 5.69 Å². The molecule has 4 rings (SSSR count). The molecular weight excluding hydrogens is 385 g/mol. The zero-order valence-corrected chi connectivity index (χ0v) is 16.4. The summed E-state index contributed by atoms with van der Waals surface area (Å²) in [5, 5.41) is 2.35. The molecule has 0 unspecified atom stereocenters. The molecule has 1 radical (unpaired) electrons. The average Bonchev–Trinajstić information content (AvgIpc) is 3.04. The molecule has 1 atom stereocenters. The molecule has 0 N–H and O–H groups in total. The second kappa shape index (κ2) is 5.93. The van der Waals surface area contributed by atoms with E-state index >= 15 is 0 Å². The van der Waals surface area contributed by atoms with Crippen LogP contribution in [-0.2, 0) is 19.5 Å². The van der Waals surface area contributed by atoms with Gasteiger partial charge in [-0.05, 0) is 32.4 Å². The summed E-state index contributed by atoms with van der Waals surface area (Å²) in [6, 6.07) is 10.5. The van der Waals surface area contributed by atoms with Gasteiger partial charge in [0.15, 0.2) is 0 Å². The number of allylic oxidation sites excluding steroid dienone is 1.